The second kappa shape index (κ2) is 16.2. The topological polar surface area (TPSA) is 194 Å². The third-order valence-corrected chi connectivity index (χ3v) is 9.64. The standard InChI is InChI=1S/C40H28F12N4O7/c1-18(57)54-26-15-22(6-10-30(26)59)36(39(47,48)49,40(50,51)52)24-8-12-32(61)28(17-24)56-34(63)20-4-2-3-19(13-20)33(62)55-27-16-23(7-11-31(27)60)35(37(41,42)43,38(44,45)46)21-5-9-29(58)25(53)14-21/h2-17,58-61H,53H2,1H3,(H,54,57)(H,55,62)(H,56,63). The van der Waals surface area contributed by atoms with Crippen molar-refractivity contribution in [3.63, 3.8) is 0 Å². The molecular weight excluding hydrogens is 876 g/mol. The van der Waals surface area contributed by atoms with Gasteiger partial charge in [0.2, 0.25) is 16.7 Å². The first-order valence-electron chi connectivity index (χ1n) is 17.3. The predicted octanol–water partition coefficient (Wildman–Crippen LogP) is 9.38. The highest BCUT2D eigenvalue weighted by Crippen LogP contribution is 2.59. The molecule has 0 radical (unpaired) electrons. The van der Waals surface area contributed by atoms with Crippen LogP contribution in [0.2, 0.25) is 0 Å². The van der Waals surface area contributed by atoms with Crippen molar-refractivity contribution >= 4 is 40.5 Å². The van der Waals surface area contributed by atoms with Gasteiger partial charge in [0.05, 0.1) is 22.7 Å². The van der Waals surface area contributed by atoms with Crippen LogP contribution < -0.4 is 21.7 Å². The highest BCUT2D eigenvalue weighted by molar-refractivity contribution is 6.09. The molecule has 23 heteroatoms. The van der Waals surface area contributed by atoms with Gasteiger partial charge in [-0.25, -0.2) is 0 Å². The average molecular weight is 905 g/mol. The lowest BCUT2D eigenvalue weighted by molar-refractivity contribution is -0.290. The van der Waals surface area contributed by atoms with Crippen LogP contribution in [-0.4, -0.2) is 62.9 Å². The zero-order chi connectivity index (χ0) is 47.2. The van der Waals surface area contributed by atoms with Crippen LogP contribution in [0.3, 0.4) is 0 Å². The maximum atomic E-state index is 14.9. The molecule has 63 heavy (non-hydrogen) atoms. The Kier molecular flexibility index (Phi) is 12.0. The largest absolute Gasteiger partial charge is 0.506 e. The summed E-state index contributed by atoms with van der Waals surface area (Å²) in [6.07, 6.45) is -24.8. The molecule has 5 aromatic carbocycles. The normalized spacial score (nSPS) is 12.7. The summed E-state index contributed by atoms with van der Waals surface area (Å²) in [4.78, 5) is 38.2. The molecule has 0 fully saturated rings. The number of nitrogen functional groups attached to an aromatic ring is 1. The van der Waals surface area contributed by atoms with Gasteiger partial charge in [0.25, 0.3) is 11.8 Å². The van der Waals surface area contributed by atoms with E-state index in [1.165, 1.54) is 0 Å². The van der Waals surface area contributed by atoms with Crippen molar-refractivity contribution in [2.75, 3.05) is 21.7 Å². The number of aromatic hydroxyl groups is 4. The zero-order valence-electron chi connectivity index (χ0n) is 31.4. The van der Waals surface area contributed by atoms with Gasteiger partial charge in [-0.15, -0.1) is 0 Å². The molecular formula is C40H28F12N4O7. The number of amides is 3. The lowest BCUT2D eigenvalue weighted by atomic mass is 9.72. The first kappa shape index (κ1) is 46.7. The third kappa shape index (κ3) is 8.36. The number of rotatable bonds is 9. The van der Waals surface area contributed by atoms with Gasteiger partial charge in [0.15, 0.2) is 0 Å². The average Bonchev–Trinajstić information content (AvgIpc) is 3.14. The molecule has 334 valence electrons. The van der Waals surface area contributed by atoms with Crippen LogP contribution in [0.5, 0.6) is 23.0 Å². The zero-order valence-corrected chi connectivity index (χ0v) is 31.4. The molecule has 0 aliphatic carbocycles. The number of hydrogen-bond acceptors (Lipinski definition) is 8. The Morgan fingerprint density at radius 3 is 1.05 bits per heavy atom. The summed E-state index contributed by atoms with van der Waals surface area (Å²) in [5.74, 6) is -7.59. The number of anilines is 4. The van der Waals surface area contributed by atoms with Gasteiger partial charge in [0.1, 0.15) is 23.0 Å². The second-order valence-electron chi connectivity index (χ2n) is 13.6. The van der Waals surface area contributed by atoms with Gasteiger partial charge in [-0.2, -0.15) is 52.7 Å². The van der Waals surface area contributed by atoms with E-state index in [1.807, 2.05) is 16.0 Å². The van der Waals surface area contributed by atoms with Crippen LogP contribution in [0.15, 0.2) is 97.1 Å². The summed E-state index contributed by atoms with van der Waals surface area (Å²) in [6, 6.07) is 7.23. The number of phenolic OH excluding ortho intramolecular Hbond substituents is 4. The number of nitrogens with one attached hydrogen (secondary N) is 3. The first-order valence-corrected chi connectivity index (χ1v) is 17.3. The van der Waals surface area contributed by atoms with Crippen LogP contribution in [0.1, 0.15) is 49.9 Å². The number of carbonyl (C=O) groups excluding carboxylic acids is 3. The highest BCUT2D eigenvalue weighted by Gasteiger charge is 2.74. The number of phenols is 4. The van der Waals surface area contributed by atoms with Gasteiger partial charge in [0, 0.05) is 18.1 Å². The van der Waals surface area contributed by atoms with Crippen molar-refractivity contribution in [2.24, 2.45) is 0 Å². The van der Waals surface area contributed by atoms with Crippen LogP contribution in [-0.2, 0) is 15.6 Å². The summed E-state index contributed by atoms with van der Waals surface area (Å²) < 4.78 is 178. The number of hydrogen-bond donors (Lipinski definition) is 8. The molecule has 9 N–H and O–H groups in total. The number of benzene rings is 5. The molecule has 5 rings (SSSR count). The fourth-order valence-corrected chi connectivity index (χ4v) is 6.74. The Morgan fingerprint density at radius 2 is 0.746 bits per heavy atom. The molecule has 0 saturated heterocycles. The fraction of sp³-hybridized carbons (Fsp3) is 0.175. The lowest BCUT2D eigenvalue weighted by Gasteiger charge is -2.38. The van der Waals surface area contributed by atoms with Crippen LogP contribution in [0.4, 0.5) is 75.4 Å². The van der Waals surface area contributed by atoms with E-state index in [0.717, 1.165) is 31.2 Å². The van der Waals surface area contributed by atoms with E-state index < -0.39 is 132 Å². The van der Waals surface area contributed by atoms with Crippen LogP contribution in [0, 0.1) is 0 Å². The van der Waals surface area contributed by atoms with Crippen molar-refractivity contribution < 1.29 is 87.5 Å². The molecule has 0 aromatic heterocycles. The summed E-state index contributed by atoms with van der Waals surface area (Å²) in [5, 5.41) is 46.3. The molecule has 0 atom stereocenters. The van der Waals surface area contributed by atoms with Crippen molar-refractivity contribution in [1.29, 1.82) is 0 Å². The molecule has 5 aromatic rings. The quantitative estimate of drug-likeness (QED) is 0.0407. The smallest absolute Gasteiger partial charge is 0.411 e. The predicted molar refractivity (Wildman–Crippen MR) is 199 cm³/mol. The molecule has 3 amide bonds. The minimum atomic E-state index is -6.23. The molecule has 0 bridgehead atoms. The number of halogens is 12. The number of nitrogens with two attached hydrogens (primary N) is 1. The Labute approximate surface area is 345 Å². The van der Waals surface area contributed by atoms with E-state index >= 15 is 0 Å². The summed E-state index contributed by atoms with van der Waals surface area (Å²) in [6.45, 7) is 0.859. The van der Waals surface area contributed by atoms with E-state index in [-0.39, 0.29) is 42.5 Å². The molecule has 0 spiro atoms. The van der Waals surface area contributed by atoms with E-state index in [9.17, 15) is 87.5 Å². The molecule has 0 aliphatic rings. The minimum absolute atomic E-state index is 0.139. The van der Waals surface area contributed by atoms with Crippen molar-refractivity contribution in [3.8, 4) is 23.0 Å². The van der Waals surface area contributed by atoms with Crippen molar-refractivity contribution in [3.05, 3.63) is 130 Å². The molecule has 0 saturated carbocycles. The fourth-order valence-electron chi connectivity index (χ4n) is 6.74. The molecule has 0 aliphatic heterocycles. The second-order valence-corrected chi connectivity index (χ2v) is 13.6. The third-order valence-electron chi connectivity index (χ3n) is 9.64. The van der Waals surface area contributed by atoms with E-state index in [1.54, 1.807) is 0 Å². The Morgan fingerprint density at radius 1 is 0.444 bits per heavy atom. The molecule has 0 heterocycles. The Hall–Kier alpha value is -7.33. The SMILES string of the molecule is CC(=O)Nc1cc(C(c2ccc(O)c(NC(=O)c3cccc(C(=O)Nc4cc(C(c5ccc(O)c(N)c5)(C(F)(F)F)C(F)(F)F)ccc4O)c3)c2)(C(F)(F)F)C(F)(F)F)ccc1O. The summed E-state index contributed by atoms with van der Waals surface area (Å²) >= 11 is 0. The number of carbonyl (C=O) groups is 3. The van der Waals surface area contributed by atoms with E-state index in [4.69, 9.17) is 5.73 Å². The monoisotopic (exact) mass is 904 g/mol. The van der Waals surface area contributed by atoms with Gasteiger partial charge < -0.3 is 42.1 Å². The summed E-state index contributed by atoms with van der Waals surface area (Å²) in [5.41, 5.74) is -15.6. The number of alkyl halides is 12. The van der Waals surface area contributed by atoms with Crippen LogP contribution in [0.25, 0.3) is 0 Å². The highest BCUT2D eigenvalue weighted by atomic mass is 19.4. The molecule has 11 nitrogen and oxygen atoms in total. The van der Waals surface area contributed by atoms with Gasteiger partial charge >= 0.3 is 24.7 Å². The van der Waals surface area contributed by atoms with Crippen molar-refractivity contribution in [1.82, 2.24) is 0 Å². The maximum Gasteiger partial charge on any atom is 0.411 e. The van der Waals surface area contributed by atoms with Crippen LogP contribution >= 0.6 is 0 Å². The molecule has 0 unspecified atom stereocenters. The Bertz CT molecular complexity index is 2580. The Balaban J connectivity index is 1.52. The first-order chi connectivity index (χ1) is 29.0. The van der Waals surface area contributed by atoms with E-state index in [2.05, 4.69) is 0 Å². The van der Waals surface area contributed by atoms with E-state index in [0.29, 0.717) is 30.3 Å². The van der Waals surface area contributed by atoms with Gasteiger partial charge in [-0.1, -0.05) is 30.3 Å². The maximum absolute atomic E-state index is 14.9. The van der Waals surface area contributed by atoms with Gasteiger partial charge in [-0.3, -0.25) is 14.4 Å². The minimum Gasteiger partial charge on any atom is -0.506 e. The summed E-state index contributed by atoms with van der Waals surface area (Å²) in [7, 11) is 0. The lowest BCUT2D eigenvalue weighted by Crippen LogP contribution is -2.54. The van der Waals surface area contributed by atoms with Gasteiger partial charge in [-0.05, 0) is 89.0 Å². The van der Waals surface area contributed by atoms with Crippen molar-refractivity contribution in [2.45, 2.75) is 42.5 Å².